The Bertz CT molecular complexity index is 684. The number of rotatable bonds is 3. The van der Waals surface area contributed by atoms with E-state index < -0.39 is 5.97 Å². The minimum absolute atomic E-state index is 0.0920. The number of aliphatic carboxylic acids is 1. The lowest BCUT2D eigenvalue weighted by Gasteiger charge is -2.23. The zero-order valence-electron chi connectivity index (χ0n) is 12.4. The first-order valence-electron chi connectivity index (χ1n) is 7.38. The quantitative estimate of drug-likeness (QED) is 0.941. The third-order valence-electron chi connectivity index (χ3n) is 4.48. The Morgan fingerprint density at radius 1 is 1.38 bits per heavy atom. The van der Waals surface area contributed by atoms with Crippen molar-refractivity contribution in [3.63, 3.8) is 0 Å². The fourth-order valence-electron chi connectivity index (χ4n) is 3.17. The van der Waals surface area contributed by atoms with Crippen molar-refractivity contribution >= 4 is 16.9 Å². The number of likely N-dealkylation sites (tertiary alicyclic amines) is 1. The van der Waals surface area contributed by atoms with Gasteiger partial charge in [-0.3, -0.25) is 14.7 Å². The number of fused-ring (bicyclic) bond motifs is 1. The minimum atomic E-state index is -0.678. The first kappa shape index (κ1) is 14.0. The summed E-state index contributed by atoms with van der Waals surface area (Å²) in [6.07, 6.45) is 0.741. The summed E-state index contributed by atoms with van der Waals surface area (Å²) in [4.78, 5) is 17.9. The lowest BCUT2D eigenvalue weighted by atomic mass is 10.0. The summed E-state index contributed by atoms with van der Waals surface area (Å²) >= 11 is 0. The van der Waals surface area contributed by atoms with Crippen LogP contribution in [0.2, 0.25) is 0 Å². The Balaban J connectivity index is 1.79. The fourth-order valence-corrected chi connectivity index (χ4v) is 3.17. The van der Waals surface area contributed by atoms with Crippen LogP contribution in [0.25, 0.3) is 10.9 Å². The third-order valence-corrected chi connectivity index (χ3v) is 4.48. The number of benzene rings is 1. The molecule has 0 bridgehead atoms. The number of hydrogen-bond donors (Lipinski definition) is 1. The lowest BCUT2D eigenvalue weighted by molar-refractivity contribution is -0.142. The minimum Gasteiger partial charge on any atom is -0.481 e. The second kappa shape index (κ2) is 5.45. The van der Waals surface area contributed by atoms with Gasteiger partial charge in [0.25, 0.3) is 0 Å². The number of carbonyl (C=O) groups is 1. The van der Waals surface area contributed by atoms with Gasteiger partial charge in [-0.25, -0.2) is 0 Å². The number of aryl methyl sites for hydroxylation is 1. The molecule has 0 aliphatic carbocycles. The second-order valence-electron chi connectivity index (χ2n) is 5.92. The van der Waals surface area contributed by atoms with Crippen molar-refractivity contribution < 1.29 is 9.90 Å². The van der Waals surface area contributed by atoms with Crippen LogP contribution in [-0.2, 0) is 11.3 Å². The fraction of sp³-hybridized carbons (Fsp3) is 0.412. The highest BCUT2D eigenvalue weighted by molar-refractivity contribution is 5.79. The molecule has 0 saturated carbocycles. The van der Waals surface area contributed by atoms with Gasteiger partial charge in [0.2, 0.25) is 0 Å². The van der Waals surface area contributed by atoms with Crippen molar-refractivity contribution in [1.82, 2.24) is 9.88 Å². The van der Waals surface area contributed by atoms with E-state index in [9.17, 15) is 9.90 Å². The zero-order chi connectivity index (χ0) is 15.0. The molecule has 0 amide bonds. The summed E-state index contributed by atoms with van der Waals surface area (Å²) in [5.74, 6) is -0.919. The van der Waals surface area contributed by atoms with Gasteiger partial charge in [0, 0.05) is 23.7 Å². The van der Waals surface area contributed by atoms with Gasteiger partial charge in [0.15, 0.2) is 0 Å². The van der Waals surface area contributed by atoms with E-state index in [0.29, 0.717) is 0 Å². The standard InChI is InChI=1S/C17H20N2O2/c1-11-3-5-14-9-13(4-6-16(14)18-11)10-19-8-7-15(12(19)2)17(20)21/h3-6,9,12,15H,7-8,10H2,1-2H3,(H,20,21). The van der Waals surface area contributed by atoms with Gasteiger partial charge in [-0.05, 0) is 50.6 Å². The average molecular weight is 284 g/mol. The first-order chi connectivity index (χ1) is 10.0. The predicted octanol–water partition coefficient (Wildman–Crippen LogP) is 2.84. The Morgan fingerprint density at radius 2 is 2.19 bits per heavy atom. The van der Waals surface area contributed by atoms with Gasteiger partial charge in [0.05, 0.1) is 11.4 Å². The lowest BCUT2D eigenvalue weighted by Crippen LogP contribution is -2.32. The molecule has 1 aromatic carbocycles. The van der Waals surface area contributed by atoms with Crippen LogP contribution in [0.4, 0.5) is 0 Å². The van der Waals surface area contributed by atoms with E-state index in [1.807, 2.05) is 26.0 Å². The molecule has 0 radical (unpaired) electrons. The van der Waals surface area contributed by atoms with E-state index in [1.54, 1.807) is 0 Å². The molecule has 3 rings (SSSR count). The van der Waals surface area contributed by atoms with Gasteiger partial charge < -0.3 is 5.11 Å². The van der Waals surface area contributed by atoms with Gasteiger partial charge in [-0.15, -0.1) is 0 Å². The Labute approximate surface area is 124 Å². The first-order valence-corrected chi connectivity index (χ1v) is 7.38. The van der Waals surface area contributed by atoms with Crippen molar-refractivity contribution in [2.45, 2.75) is 32.9 Å². The Kier molecular flexibility index (Phi) is 3.64. The van der Waals surface area contributed by atoms with Gasteiger partial charge in [0.1, 0.15) is 0 Å². The summed E-state index contributed by atoms with van der Waals surface area (Å²) in [7, 11) is 0. The van der Waals surface area contributed by atoms with E-state index in [0.717, 1.165) is 36.1 Å². The van der Waals surface area contributed by atoms with Crippen molar-refractivity contribution in [3.8, 4) is 0 Å². The molecule has 2 aromatic rings. The molecular weight excluding hydrogens is 264 g/mol. The highest BCUT2D eigenvalue weighted by Crippen LogP contribution is 2.26. The summed E-state index contributed by atoms with van der Waals surface area (Å²) in [5.41, 5.74) is 3.25. The van der Waals surface area contributed by atoms with Gasteiger partial charge in [-0.1, -0.05) is 12.1 Å². The molecule has 1 aromatic heterocycles. The smallest absolute Gasteiger partial charge is 0.308 e. The van der Waals surface area contributed by atoms with Crippen LogP contribution in [0.15, 0.2) is 30.3 Å². The molecular formula is C17H20N2O2. The van der Waals surface area contributed by atoms with Crippen LogP contribution in [0.3, 0.4) is 0 Å². The zero-order valence-corrected chi connectivity index (χ0v) is 12.4. The van der Waals surface area contributed by atoms with Crippen molar-refractivity contribution in [3.05, 3.63) is 41.6 Å². The maximum Gasteiger partial charge on any atom is 0.308 e. The Hall–Kier alpha value is -1.94. The molecule has 1 aliphatic heterocycles. The summed E-state index contributed by atoms with van der Waals surface area (Å²) in [6.45, 7) is 5.65. The highest BCUT2D eigenvalue weighted by atomic mass is 16.4. The summed E-state index contributed by atoms with van der Waals surface area (Å²) in [5, 5.41) is 10.3. The largest absolute Gasteiger partial charge is 0.481 e. The van der Waals surface area contributed by atoms with Crippen LogP contribution in [0.1, 0.15) is 24.6 Å². The molecule has 1 aliphatic rings. The molecule has 2 heterocycles. The number of pyridine rings is 1. The number of hydrogen-bond acceptors (Lipinski definition) is 3. The average Bonchev–Trinajstić information content (AvgIpc) is 2.80. The van der Waals surface area contributed by atoms with E-state index in [4.69, 9.17) is 0 Å². The van der Waals surface area contributed by atoms with Crippen LogP contribution in [-0.4, -0.2) is 33.5 Å². The highest BCUT2D eigenvalue weighted by Gasteiger charge is 2.35. The molecule has 1 saturated heterocycles. The maximum absolute atomic E-state index is 11.2. The molecule has 110 valence electrons. The van der Waals surface area contributed by atoms with Crippen molar-refractivity contribution in [2.75, 3.05) is 6.54 Å². The van der Waals surface area contributed by atoms with Crippen LogP contribution < -0.4 is 0 Å². The normalized spacial score (nSPS) is 22.8. The monoisotopic (exact) mass is 284 g/mol. The van der Waals surface area contributed by atoms with Crippen LogP contribution in [0.5, 0.6) is 0 Å². The molecule has 1 N–H and O–H groups in total. The number of carboxylic acids is 1. The predicted molar refractivity (Wildman–Crippen MR) is 82.1 cm³/mol. The van der Waals surface area contributed by atoms with E-state index in [1.165, 1.54) is 5.56 Å². The molecule has 21 heavy (non-hydrogen) atoms. The molecule has 2 unspecified atom stereocenters. The second-order valence-corrected chi connectivity index (χ2v) is 5.92. The van der Waals surface area contributed by atoms with E-state index in [-0.39, 0.29) is 12.0 Å². The van der Waals surface area contributed by atoms with Gasteiger partial charge in [-0.2, -0.15) is 0 Å². The molecule has 0 spiro atoms. The molecule has 1 fully saturated rings. The number of nitrogens with zero attached hydrogens (tertiary/aromatic N) is 2. The Morgan fingerprint density at radius 3 is 2.90 bits per heavy atom. The van der Waals surface area contributed by atoms with Crippen LogP contribution in [0, 0.1) is 12.8 Å². The van der Waals surface area contributed by atoms with Crippen molar-refractivity contribution in [1.29, 1.82) is 0 Å². The number of carboxylic acid groups (broad SMARTS) is 1. The topological polar surface area (TPSA) is 53.4 Å². The van der Waals surface area contributed by atoms with Crippen LogP contribution >= 0.6 is 0 Å². The third kappa shape index (κ3) is 2.76. The molecule has 4 heteroatoms. The molecule has 4 nitrogen and oxygen atoms in total. The number of aromatic nitrogens is 1. The SMILES string of the molecule is Cc1ccc2cc(CN3CCC(C(=O)O)C3C)ccc2n1. The summed E-state index contributed by atoms with van der Waals surface area (Å²) < 4.78 is 0. The maximum atomic E-state index is 11.2. The summed E-state index contributed by atoms with van der Waals surface area (Å²) in [6, 6.07) is 10.5. The van der Waals surface area contributed by atoms with Gasteiger partial charge >= 0.3 is 5.97 Å². The molecule has 2 atom stereocenters. The van der Waals surface area contributed by atoms with Crippen molar-refractivity contribution in [2.24, 2.45) is 5.92 Å². The van der Waals surface area contributed by atoms with E-state index in [2.05, 4.69) is 28.1 Å². The van der Waals surface area contributed by atoms with E-state index >= 15 is 0 Å².